The molecule has 0 saturated heterocycles. The summed E-state index contributed by atoms with van der Waals surface area (Å²) >= 11 is 1.33. The quantitative estimate of drug-likeness (QED) is 0.631. The van der Waals surface area contributed by atoms with E-state index in [1.165, 1.54) is 25.6 Å². The van der Waals surface area contributed by atoms with Crippen molar-refractivity contribution in [2.45, 2.75) is 0 Å². The van der Waals surface area contributed by atoms with E-state index in [0.717, 1.165) is 10.4 Å². The molecular formula is C14H11NO3S. The van der Waals surface area contributed by atoms with Gasteiger partial charge in [0.15, 0.2) is 0 Å². The topological polar surface area (TPSA) is 39.9 Å². The lowest BCUT2D eigenvalue weighted by Crippen LogP contribution is -1.96. The van der Waals surface area contributed by atoms with Crippen LogP contribution in [-0.2, 0) is 4.74 Å². The molecule has 5 heteroatoms. The van der Waals surface area contributed by atoms with E-state index in [9.17, 15) is 4.79 Å². The van der Waals surface area contributed by atoms with Crippen LogP contribution < -0.4 is 4.74 Å². The van der Waals surface area contributed by atoms with Crippen LogP contribution in [-0.4, -0.2) is 20.2 Å². The Morgan fingerprint density at radius 1 is 1.26 bits per heavy atom. The van der Waals surface area contributed by atoms with Crippen LogP contribution in [0, 0.1) is 6.57 Å². The minimum Gasteiger partial charge on any atom is -0.508 e. The lowest BCUT2D eigenvalue weighted by molar-refractivity contribution is 0.0606. The molecule has 0 amide bonds. The van der Waals surface area contributed by atoms with Crippen LogP contribution in [0.1, 0.15) is 9.67 Å². The zero-order valence-corrected chi connectivity index (χ0v) is 11.3. The van der Waals surface area contributed by atoms with Gasteiger partial charge in [-0.15, -0.1) is 11.3 Å². The van der Waals surface area contributed by atoms with Crippen LogP contribution in [0.4, 0.5) is 5.69 Å². The Bertz CT molecular complexity index is 655. The van der Waals surface area contributed by atoms with Gasteiger partial charge in [-0.3, -0.25) is 0 Å². The van der Waals surface area contributed by atoms with Gasteiger partial charge in [0, 0.05) is 4.88 Å². The number of rotatable bonds is 3. The van der Waals surface area contributed by atoms with Gasteiger partial charge in [0.05, 0.1) is 20.8 Å². The summed E-state index contributed by atoms with van der Waals surface area (Å²) in [5, 5.41) is 0. The van der Waals surface area contributed by atoms with E-state index >= 15 is 0 Å². The number of hydrogen-bond donors (Lipinski definition) is 0. The molecule has 0 aliphatic heterocycles. The fraction of sp³-hybridized carbons (Fsp3) is 0.143. The molecule has 0 bridgehead atoms. The third kappa shape index (κ3) is 2.59. The fourth-order valence-corrected chi connectivity index (χ4v) is 2.55. The van der Waals surface area contributed by atoms with Gasteiger partial charge in [-0.25, -0.2) is 9.64 Å². The molecular weight excluding hydrogens is 262 g/mol. The van der Waals surface area contributed by atoms with E-state index in [0.29, 0.717) is 16.3 Å². The van der Waals surface area contributed by atoms with Crippen molar-refractivity contribution in [2.24, 2.45) is 0 Å². The van der Waals surface area contributed by atoms with E-state index in [2.05, 4.69) is 9.58 Å². The second-order valence-corrected chi connectivity index (χ2v) is 4.74. The molecule has 2 rings (SSSR count). The number of hydrogen-bond acceptors (Lipinski definition) is 4. The van der Waals surface area contributed by atoms with Gasteiger partial charge in [0.2, 0.25) is 5.69 Å². The van der Waals surface area contributed by atoms with Crippen molar-refractivity contribution >= 4 is 23.0 Å². The number of methoxy groups -OCH3 is 2. The summed E-state index contributed by atoms with van der Waals surface area (Å²) in [4.78, 5) is 16.3. The second-order valence-electron chi connectivity index (χ2n) is 3.65. The Morgan fingerprint density at radius 3 is 2.68 bits per heavy atom. The van der Waals surface area contributed by atoms with Crippen molar-refractivity contribution < 1.29 is 14.3 Å². The van der Waals surface area contributed by atoms with Crippen molar-refractivity contribution in [3.05, 3.63) is 46.6 Å². The zero-order chi connectivity index (χ0) is 13.8. The van der Waals surface area contributed by atoms with Gasteiger partial charge >= 0.3 is 5.97 Å². The third-order valence-electron chi connectivity index (χ3n) is 2.58. The van der Waals surface area contributed by atoms with Gasteiger partial charge in [-0.05, 0) is 29.8 Å². The van der Waals surface area contributed by atoms with Crippen LogP contribution in [0.5, 0.6) is 5.75 Å². The van der Waals surface area contributed by atoms with Crippen LogP contribution in [0.25, 0.3) is 15.3 Å². The Balaban J connectivity index is 2.40. The fourth-order valence-electron chi connectivity index (χ4n) is 1.63. The van der Waals surface area contributed by atoms with Crippen molar-refractivity contribution in [3.8, 4) is 16.2 Å². The SMILES string of the molecule is [C-]#[N+]c1cc(-c2ccc(C(=O)OC)s2)ccc1OC. The molecule has 4 nitrogen and oxygen atoms in total. The summed E-state index contributed by atoms with van der Waals surface area (Å²) in [7, 11) is 2.89. The van der Waals surface area contributed by atoms with Gasteiger partial charge in [0.1, 0.15) is 10.6 Å². The van der Waals surface area contributed by atoms with Crippen molar-refractivity contribution in [2.75, 3.05) is 14.2 Å². The number of carbonyl (C=O) groups is 1. The molecule has 1 heterocycles. The Morgan fingerprint density at radius 2 is 2.05 bits per heavy atom. The average Bonchev–Trinajstić information content (AvgIpc) is 2.95. The van der Waals surface area contributed by atoms with E-state index in [4.69, 9.17) is 11.3 Å². The first-order valence-corrected chi connectivity index (χ1v) is 6.25. The van der Waals surface area contributed by atoms with E-state index in [-0.39, 0.29) is 5.97 Å². The number of benzene rings is 1. The van der Waals surface area contributed by atoms with Crippen LogP contribution in [0.3, 0.4) is 0 Å². The summed E-state index contributed by atoms with van der Waals surface area (Å²) in [6, 6.07) is 8.92. The standard InChI is InChI=1S/C14H11NO3S/c1-15-10-8-9(4-5-11(10)17-2)12-6-7-13(19-12)14(16)18-3/h4-8H,2-3H3. The predicted octanol–water partition coefficient (Wildman–Crippen LogP) is 3.76. The van der Waals surface area contributed by atoms with Gasteiger partial charge in [0.25, 0.3) is 0 Å². The summed E-state index contributed by atoms with van der Waals surface area (Å²) < 4.78 is 9.77. The number of thiophene rings is 1. The smallest absolute Gasteiger partial charge is 0.348 e. The Hall–Kier alpha value is -2.32. The molecule has 96 valence electrons. The van der Waals surface area contributed by atoms with Crippen LogP contribution in [0.2, 0.25) is 0 Å². The molecule has 0 fully saturated rings. The zero-order valence-electron chi connectivity index (χ0n) is 10.5. The summed E-state index contributed by atoms with van der Waals surface area (Å²) in [5.74, 6) is 0.193. The van der Waals surface area contributed by atoms with Crippen molar-refractivity contribution in [1.82, 2.24) is 0 Å². The lowest BCUT2D eigenvalue weighted by Gasteiger charge is -2.04. The second kappa shape index (κ2) is 5.55. The normalized spacial score (nSPS) is 9.74. The molecule has 0 N–H and O–H groups in total. The Kier molecular flexibility index (Phi) is 3.83. The van der Waals surface area contributed by atoms with Crippen LogP contribution >= 0.6 is 11.3 Å². The minimum absolute atomic E-state index is 0.352. The first kappa shape index (κ1) is 13.1. The maximum Gasteiger partial charge on any atom is 0.348 e. The monoisotopic (exact) mass is 273 g/mol. The maximum absolute atomic E-state index is 11.4. The molecule has 0 unspecified atom stereocenters. The first-order valence-electron chi connectivity index (χ1n) is 5.43. The molecule has 19 heavy (non-hydrogen) atoms. The number of esters is 1. The molecule has 2 aromatic rings. The first-order chi connectivity index (χ1) is 9.19. The molecule has 0 aliphatic rings. The number of nitrogens with zero attached hydrogens (tertiary/aromatic N) is 1. The lowest BCUT2D eigenvalue weighted by atomic mass is 10.1. The molecule has 0 aliphatic carbocycles. The van der Waals surface area contributed by atoms with Crippen molar-refractivity contribution in [1.29, 1.82) is 0 Å². The van der Waals surface area contributed by atoms with Gasteiger partial charge < -0.3 is 9.47 Å². The minimum atomic E-state index is -0.352. The molecule has 0 saturated carbocycles. The highest BCUT2D eigenvalue weighted by atomic mass is 32.1. The predicted molar refractivity (Wildman–Crippen MR) is 73.9 cm³/mol. The largest absolute Gasteiger partial charge is 0.508 e. The molecule has 0 radical (unpaired) electrons. The highest BCUT2D eigenvalue weighted by molar-refractivity contribution is 7.17. The van der Waals surface area contributed by atoms with Gasteiger partial charge in [-0.1, -0.05) is 6.07 Å². The van der Waals surface area contributed by atoms with Crippen LogP contribution in [0.15, 0.2) is 30.3 Å². The van der Waals surface area contributed by atoms with Crippen molar-refractivity contribution in [3.63, 3.8) is 0 Å². The number of ether oxygens (including phenoxy) is 2. The molecule has 1 aromatic carbocycles. The highest BCUT2D eigenvalue weighted by Crippen LogP contribution is 2.35. The van der Waals surface area contributed by atoms with E-state index < -0.39 is 0 Å². The highest BCUT2D eigenvalue weighted by Gasteiger charge is 2.11. The van der Waals surface area contributed by atoms with Gasteiger partial charge in [-0.2, -0.15) is 0 Å². The summed E-state index contributed by atoms with van der Waals surface area (Å²) in [6.45, 7) is 7.12. The summed E-state index contributed by atoms with van der Waals surface area (Å²) in [6.07, 6.45) is 0. The summed E-state index contributed by atoms with van der Waals surface area (Å²) in [5.41, 5.74) is 1.33. The average molecular weight is 273 g/mol. The molecule has 1 aromatic heterocycles. The van der Waals surface area contributed by atoms with E-state index in [1.54, 1.807) is 18.2 Å². The maximum atomic E-state index is 11.4. The molecule has 0 atom stereocenters. The Labute approximate surface area is 115 Å². The van der Waals surface area contributed by atoms with E-state index in [1.807, 2.05) is 12.1 Å². The number of carbonyl (C=O) groups excluding carboxylic acids is 1. The molecule has 0 spiro atoms. The third-order valence-corrected chi connectivity index (χ3v) is 3.69.